The third-order valence-electron chi connectivity index (χ3n) is 2.84. The second kappa shape index (κ2) is 9.63. The lowest BCUT2D eigenvalue weighted by Crippen LogP contribution is -2.45. The Hall–Kier alpha value is -2.61. The predicted molar refractivity (Wildman–Crippen MR) is 91.1 cm³/mol. The van der Waals surface area contributed by atoms with Crippen LogP contribution in [0.25, 0.3) is 0 Å². The summed E-state index contributed by atoms with van der Waals surface area (Å²) in [5.41, 5.74) is 0.215. The minimum absolute atomic E-state index is 0.143. The number of benzene rings is 1. The summed E-state index contributed by atoms with van der Waals surface area (Å²) >= 11 is 5.90. The molecule has 0 aliphatic heterocycles. The lowest BCUT2D eigenvalue weighted by Gasteiger charge is -2.14. The zero-order valence-electron chi connectivity index (χ0n) is 14.1. The third kappa shape index (κ3) is 7.21. The molecule has 0 aromatic heterocycles. The van der Waals surface area contributed by atoms with Gasteiger partial charge in [0.05, 0.1) is 10.6 Å². The number of rotatable bonds is 6. The third-order valence-corrected chi connectivity index (χ3v) is 3.17. The minimum Gasteiger partial charge on any atom is -0.454 e. The number of nitrogens with one attached hydrogen (secondary N) is 3. The van der Waals surface area contributed by atoms with Gasteiger partial charge in [0, 0.05) is 6.04 Å². The molecule has 136 valence electrons. The molecule has 8 nitrogen and oxygen atoms in total. The van der Waals surface area contributed by atoms with Crippen LogP contribution in [0.1, 0.15) is 31.1 Å². The monoisotopic (exact) mass is 369 g/mol. The molecule has 0 radical (unpaired) electrons. The molecule has 25 heavy (non-hydrogen) atoms. The van der Waals surface area contributed by atoms with Crippen LogP contribution in [0.3, 0.4) is 0 Å². The van der Waals surface area contributed by atoms with Gasteiger partial charge in [0.15, 0.2) is 6.61 Å². The molecule has 1 aromatic carbocycles. The maximum Gasteiger partial charge on any atom is 0.328 e. The molecule has 4 amide bonds. The topological polar surface area (TPSA) is 114 Å². The fourth-order valence-corrected chi connectivity index (χ4v) is 1.92. The maximum atomic E-state index is 12.0. The van der Waals surface area contributed by atoms with Gasteiger partial charge in [0.1, 0.15) is 6.04 Å². The van der Waals surface area contributed by atoms with E-state index in [9.17, 15) is 19.2 Å². The van der Waals surface area contributed by atoms with Crippen LogP contribution in [0, 0.1) is 0 Å². The van der Waals surface area contributed by atoms with Crippen molar-refractivity contribution in [3.8, 4) is 0 Å². The van der Waals surface area contributed by atoms with Crippen molar-refractivity contribution >= 4 is 35.4 Å². The molecule has 0 saturated carbocycles. The largest absolute Gasteiger partial charge is 0.454 e. The highest BCUT2D eigenvalue weighted by Crippen LogP contribution is 2.14. The van der Waals surface area contributed by atoms with Crippen molar-refractivity contribution in [3.63, 3.8) is 0 Å². The van der Waals surface area contributed by atoms with E-state index in [4.69, 9.17) is 16.3 Å². The summed E-state index contributed by atoms with van der Waals surface area (Å²) in [4.78, 5) is 46.7. The molecule has 1 aromatic rings. The summed E-state index contributed by atoms with van der Waals surface area (Å²) in [7, 11) is 0. The summed E-state index contributed by atoms with van der Waals surface area (Å²) in [5.74, 6) is -2.15. The second-order valence-corrected chi connectivity index (χ2v) is 5.87. The minimum atomic E-state index is -0.999. The summed E-state index contributed by atoms with van der Waals surface area (Å²) in [5, 5.41) is 7.13. The van der Waals surface area contributed by atoms with Crippen molar-refractivity contribution in [3.05, 3.63) is 34.9 Å². The molecule has 0 bridgehead atoms. The molecule has 3 N–H and O–H groups in total. The Labute approximate surface area is 150 Å². The number of halogens is 1. The van der Waals surface area contributed by atoms with E-state index in [-0.39, 0.29) is 16.6 Å². The number of hydrogen-bond donors (Lipinski definition) is 3. The van der Waals surface area contributed by atoms with E-state index in [1.165, 1.54) is 13.0 Å². The molecular formula is C16H20ClN3O5. The van der Waals surface area contributed by atoms with E-state index in [2.05, 4.69) is 10.6 Å². The van der Waals surface area contributed by atoms with Gasteiger partial charge in [-0.1, -0.05) is 23.7 Å². The van der Waals surface area contributed by atoms with Crippen LogP contribution in [-0.2, 0) is 14.3 Å². The molecule has 1 atom stereocenters. The standard InChI is InChI=1S/C16H20ClN3O5/c1-9(2)18-16(24)20-13(21)8-25-15(23)10(3)19-14(22)11-6-4-5-7-12(11)17/h4-7,9-10H,8H2,1-3H3,(H,19,22)(H2,18,20,21,24)/t10-/m0/s1. The first-order valence-electron chi connectivity index (χ1n) is 7.53. The molecule has 0 aliphatic carbocycles. The fraction of sp³-hybridized carbons (Fsp3) is 0.375. The zero-order valence-corrected chi connectivity index (χ0v) is 14.8. The van der Waals surface area contributed by atoms with Crippen LogP contribution in [-0.4, -0.2) is 42.5 Å². The number of carbonyl (C=O) groups is 4. The maximum absolute atomic E-state index is 12.0. The SMILES string of the molecule is CC(C)NC(=O)NC(=O)COC(=O)[C@H](C)NC(=O)c1ccccc1Cl. The highest BCUT2D eigenvalue weighted by molar-refractivity contribution is 6.33. The summed E-state index contributed by atoms with van der Waals surface area (Å²) < 4.78 is 4.76. The highest BCUT2D eigenvalue weighted by Gasteiger charge is 2.20. The Morgan fingerprint density at radius 2 is 1.72 bits per heavy atom. The second-order valence-electron chi connectivity index (χ2n) is 5.46. The molecule has 0 unspecified atom stereocenters. The highest BCUT2D eigenvalue weighted by atomic mass is 35.5. The van der Waals surface area contributed by atoms with Gasteiger partial charge >= 0.3 is 12.0 Å². The van der Waals surface area contributed by atoms with Crippen LogP contribution < -0.4 is 16.0 Å². The number of amides is 4. The van der Waals surface area contributed by atoms with Crippen molar-refractivity contribution in [2.75, 3.05) is 6.61 Å². The van der Waals surface area contributed by atoms with Gasteiger partial charge in [-0.15, -0.1) is 0 Å². The zero-order chi connectivity index (χ0) is 19.0. The van der Waals surface area contributed by atoms with E-state index in [1.807, 2.05) is 5.32 Å². The number of esters is 1. The van der Waals surface area contributed by atoms with Gasteiger partial charge in [-0.2, -0.15) is 0 Å². The Morgan fingerprint density at radius 1 is 1.08 bits per heavy atom. The van der Waals surface area contributed by atoms with Crippen LogP contribution >= 0.6 is 11.6 Å². The van der Waals surface area contributed by atoms with E-state index >= 15 is 0 Å². The van der Waals surface area contributed by atoms with Gasteiger partial charge in [-0.25, -0.2) is 9.59 Å². The van der Waals surface area contributed by atoms with Crippen LogP contribution in [0.2, 0.25) is 5.02 Å². The average Bonchev–Trinajstić information content (AvgIpc) is 2.51. The predicted octanol–water partition coefficient (Wildman–Crippen LogP) is 1.24. The van der Waals surface area contributed by atoms with E-state index in [0.29, 0.717) is 0 Å². The van der Waals surface area contributed by atoms with Crippen LogP contribution in [0.5, 0.6) is 0 Å². The molecule has 0 fully saturated rings. The number of imide groups is 1. The molecule has 1 rings (SSSR count). The fourth-order valence-electron chi connectivity index (χ4n) is 1.70. The average molecular weight is 370 g/mol. The quantitative estimate of drug-likeness (QED) is 0.653. The lowest BCUT2D eigenvalue weighted by molar-refractivity contribution is -0.149. The van der Waals surface area contributed by atoms with E-state index < -0.39 is 36.5 Å². The van der Waals surface area contributed by atoms with E-state index in [0.717, 1.165) is 0 Å². The van der Waals surface area contributed by atoms with Gasteiger partial charge < -0.3 is 15.4 Å². The normalized spacial score (nSPS) is 11.4. The van der Waals surface area contributed by atoms with Crippen molar-refractivity contribution in [1.29, 1.82) is 0 Å². The smallest absolute Gasteiger partial charge is 0.328 e. The summed E-state index contributed by atoms with van der Waals surface area (Å²) in [6.07, 6.45) is 0. The van der Waals surface area contributed by atoms with Crippen LogP contribution in [0.4, 0.5) is 4.79 Å². The number of ether oxygens (including phenoxy) is 1. The van der Waals surface area contributed by atoms with Crippen molar-refractivity contribution in [2.45, 2.75) is 32.9 Å². The summed E-state index contributed by atoms with van der Waals surface area (Å²) in [6, 6.07) is 4.54. The Balaban J connectivity index is 2.44. The molecule has 0 spiro atoms. The van der Waals surface area contributed by atoms with Gasteiger partial charge in [0.25, 0.3) is 11.8 Å². The first-order valence-corrected chi connectivity index (χ1v) is 7.91. The number of urea groups is 1. The Kier molecular flexibility index (Phi) is 7.87. The first-order chi connectivity index (χ1) is 11.7. The molecule has 0 heterocycles. The van der Waals surface area contributed by atoms with E-state index in [1.54, 1.807) is 32.0 Å². The van der Waals surface area contributed by atoms with Crippen molar-refractivity contribution in [2.24, 2.45) is 0 Å². The Morgan fingerprint density at radius 3 is 2.32 bits per heavy atom. The van der Waals surface area contributed by atoms with Gasteiger partial charge in [-0.3, -0.25) is 14.9 Å². The van der Waals surface area contributed by atoms with Crippen molar-refractivity contribution in [1.82, 2.24) is 16.0 Å². The van der Waals surface area contributed by atoms with Crippen molar-refractivity contribution < 1.29 is 23.9 Å². The van der Waals surface area contributed by atoms with Gasteiger partial charge in [0.2, 0.25) is 0 Å². The molecule has 9 heteroatoms. The first kappa shape index (κ1) is 20.4. The lowest BCUT2D eigenvalue weighted by atomic mass is 10.2. The number of hydrogen-bond acceptors (Lipinski definition) is 5. The summed E-state index contributed by atoms with van der Waals surface area (Å²) in [6.45, 7) is 4.22. The van der Waals surface area contributed by atoms with Crippen LogP contribution in [0.15, 0.2) is 24.3 Å². The molecule has 0 saturated heterocycles. The van der Waals surface area contributed by atoms with Gasteiger partial charge in [-0.05, 0) is 32.9 Å². The number of carbonyl (C=O) groups excluding carboxylic acids is 4. The molecule has 0 aliphatic rings. The Bertz CT molecular complexity index is 663. The molecular weight excluding hydrogens is 350 g/mol.